The normalized spacial score (nSPS) is 16.6. The third kappa shape index (κ3) is 3.85. The Bertz CT molecular complexity index is 431. The van der Waals surface area contributed by atoms with E-state index in [-0.39, 0.29) is 12.0 Å². The molecule has 0 bridgehead atoms. The Morgan fingerprint density at radius 1 is 1.37 bits per heavy atom. The lowest BCUT2D eigenvalue weighted by Crippen LogP contribution is -2.41. The van der Waals surface area contributed by atoms with Crippen LogP contribution in [0.5, 0.6) is 5.75 Å². The van der Waals surface area contributed by atoms with Crippen LogP contribution >= 0.6 is 11.6 Å². The molecule has 0 saturated heterocycles. The van der Waals surface area contributed by atoms with Crippen LogP contribution in [-0.2, 0) is 9.63 Å². The fourth-order valence-electron chi connectivity index (χ4n) is 1.78. The van der Waals surface area contributed by atoms with Crippen molar-refractivity contribution in [2.24, 2.45) is 0 Å². The summed E-state index contributed by atoms with van der Waals surface area (Å²) in [5.74, 6) is 0.421. The Balaban J connectivity index is 1.85. The van der Waals surface area contributed by atoms with Crippen molar-refractivity contribution in [3.05, 3.63) is 29.3 Å². The van der Waals surface area contributed by atoms with Gasteiger partial charge in [-0.2, -0.15) is 0 Å². The molecule has 0 heterocycles. The number of likely N-dealkylation sites (N-methyl/N-ethyl adjacent to an activating group) is 1. The zero-order valence-corrected chi connectivity index (χ0v) is 11.9. The van der Waals surface area contributed by atoms with Gasteiger partial charge in [0.25, 0.3) is 5.91 Å². The zero-order chi connectivity index (χ0) is 13.8. The van der Waals surface area contributed by atoms with Crippen molar-refractivity contribution in [1.82, 2.24) is 5.06 Å². The Morgan fingerprint density at radius 2 is 2.00 bits per heavy atom. The van der Waals surface area contributed by atoms with Gasteiger partial charge in [-0.3, -0.25) is 9.63 Å². The molecule has 5 heteroatoms. The minimum atomic E-state index is -0.591. The van der Waals surface area contributed by atoms with Crippen molar-refractivity contribution in [3.8, 4) is 5.75 Å². The average Bonchev–Trinajstić information content (AvgIpc) is 2.35. The molecule has 0 N–H and O–H groups in total. The van der Waals surface area contributed by atoms with E-state index in [1.165, 1.54) is 11.5 Å². The molecular formula is C14H18ClNO3. The number of carbonyl (C=O) groups is 1. The van der Waals surface area contributed by atoms with Gasteiger partial charge in [0.15, 0.2) is 6.10 Å². The Hall–Kier alpha value is -1.26. The van der Waals surface area contributed by atoms with E-state index in [0.29, 0.717) is 10.8 Å². The van der Waals surface area contributed by atoms with Gasteiger partial charge in [0, 0.05) is 12.1 Å². The number of rotatable bonds is 5. The van der Waals surface area contributed by atoms with Crippen molar-refractivity contribution in [1.29, 1.82) is 0 Å². The lowest BCUT2D eigenvalue weighted by Gasteiger charge is -2.30. The Morgan fingerprint density at radius 3 is 2.53 bits per heavy atom. The fourth-order valence-corrected chi connectivity index (χ4v) is 1.90. The van der Waals surface area contributed by atoms with E-state index in [4.69, 9.17) is 21.2 Å². The Kier molecular flexibility index (Phi) is 4.66. The first kappa shape index (κ1) is 14.2. The maximum atomic E-state index is 12.0. The summed E-state index contributed by atoms with van der Waals surface area (Å²) >= 11 is 5.79. The molecule has 0 spiro atoms. The van der Waals surface area contributed by atoms with Gasteiger partial charge in [-0.1, -0.05) is 11.6 Å². The van der Waals surface area contributed by atoms with Gasteiger partial charge < -0.3 is 4.74 Å². The van der Waals surface area contributed by atoms with Crippen molar-refractivity contribution < 1.29 is 14.4 Å². The van der Waals surface area contributed by atoms with Crippen LogP contribution in [0.3, 0.4) is 0 Å². The predicted octanol–water partition coefficient (Wildman–Crippen LogP) is 3.05. The van der Waals surface area contributed by atoms with Gasteiger partial charge in [-0.15, -0.1) is 0 Å². The van der Waals surface area contributed by atoms with Crippen LogP contribution < -0.4 is 4.74 Å². The molecule has 0 aliphatic heterocycles. The molecule has 1 aliphatic rings. The maximum absolute atomic E-state index is 12.0. The molecule has 1 aromatic rings. The number of nitrogens with zero attached hydrogens (tertiary/aromatic N) is 1. The van der Waals surface area contributed by atoms with Gasteiger partial charge >= 0.3 is 0 Å². The van der Waals surface area contributed by atoms with E-state index in [2.05, 4.69) is 0 Å². The predicted molar refractivity (Wildman–Crippen MR) is 73.0 cm³/mol. The van der Waals surface area contributed by atoms with Crippen LogP contribution in [0.4, 0.5) is 0 Å². The lowest BCUT2D eigenvalue weighted by molar-refractivity contribution is -0.213. The minimum Gasteiger partial charge on any atom is -0.481 e. The first-order valence-electron chi connectivity index (χ1n) is 6.43. The van der Waals surface area contributed by atoms with E-state index in [1.54, 1.807) is 38.2 Å². The Labute approximate surface area is 118 Å². The van der Waals surface area contributed by atoms with E-state index in [9.17, 15) is 4.79 Å². The topological polar surface area (TPSA) is 38.8 Å². The van der Waals surface area contributed by atoms with Crippen LogP contribution in [-0.4, -0.2) is 30.2 Å². The van der Waals surface area contributed by atoms with Crippen LogP contribution in [0.15, 0.2) is 24.3 Å². The molecule has 4 nitrogen and oxygen atoms in total. The highest BCUT2D eigenvalue weighted by Crippen LogP contribution is 2.23. The molecule has 1 fully saturated rings. The second-order valence-electron chi connectivity index (χ2n) is 4.71. The molecule has 2 rings (SSSR count). The molecule has 1 saturated carbocycles. The van der Waals surface area contributed by atoms with Crippen molar-refractivity contribution in [3.63, 3.8) is 0 Å². The monoisotopic (exact) mass is 283 g/mol. The summed E-state index contributed by atoms with van der Waals surface area (Å²) in [4.78, 5) is 17.5. The molecule has 0 aromatic heterocycles. The van der Waals surface area contributed by atoms with Gasteiger partial charge in [-0.25, -0.2) is 5.06 Å². The van der Waals surface area contributed by atoms with Gasteiger partial charge in [0.1, 0.15) is 5.75 Å². The van der Waals surface area contributed by atoms with E-state index in [1.807, 2.05) is 0 Å². The second kappa shape index (κ2) is 6.26. The number of ether oxygens (including phenoxy) is 1. The molecule has 104 valence electrons. The molecule has 1 aromatic carbocycles. The number of hydrogen-bond acceptors (Lipinski definition) is 3. The number of hydrogen-bond donors (Lipinski definition) is 0. The van der Waals surface area contributed by atoms with Crippen LogP contribution in [0.2, 0.25) is 5.02 Å². The molecule has 1 atom stereocenters. The smallest absolute Gasteiger partial charge is 0.286 e. The number of hydroxylamine groups is 2. The quantitative estimate of drug-likeness (QED) is 0.780. The van der Waals surface area contributed by atoms with E-state index >= 15 is 0 Å². The van der Waals surface area contributed by atoms with Gasteiger partial charge in [0.05, 0.1) is 6.10 Å². The van der Waals surface area contributed by atoms with Crippen molar-refractivity contribution in [2.45, 2.75) is 38.4 Å². The van der Waals surface area contributed by atoms with Crippen LogP contribution in [0, 0.1) is 0 Å². The molecule has 1 unspecified atom stereocenters. The first-order valence-corrected chi connectivity index (χ1v) is 6.80. The highest BCUT2D eigenvalue weighted by Gasteiger charge is 2.26. The third-order valence-corrected chi connectivity index (χ3v) is 3.40. The summed E-state index contributed by atoms with van der Waals surface area (Å²) in [6.07, 6.45) is 2.79. The maximum Gasteiger partial charge on any atom is 0.286 e. The highest BCUT2D eigenvalue weighted by molar-refractivity contribution is 6.30. The van der Waals surface area contributed by atoms with Crippen molar-refractivity contribution in [2.75, 3.05) is 7.05 Å². The second-order valence-corrected chi connectivity index (χ2v) is 5.14. The largest absolute Gasteiger partial charge is 0.481 e. The SMILES string of the molecule is CC(Oc1ccc(Cl)cc1)C(=O)N(C)OC1CCC1. The van der Waals surface area contributed by atoms with Crippen LogP contribution in [0.1, 0.15) is 26.2 Å². The highest BCUT2D eigenvalue weighted by atomic mass is 35.5. The summed E-state index contributed by atoms with van der Waals surface area (Å²) in [5.41, 5.74) is 0. The van der Waals surface area contributed by atoms with Gasteiger partial charge in [-0.05, 0) is 50.5 Å². The summed E-state index contributed by atoms with van der Waals surface area (Å²) in [6.45, 7) is 1.71. The third-order valence-electron chi connectivity index (χ3n) is 3.14. The number of carbonyl (C=O) groups excluding carboxylic acids is 1. The fraction of sp³-hybridized carbons (Fsp3) is 0.500. The molecular weight excluding hydrogens is 266 g/mol. The molecule has 0 radical (unpaired) electrons. The van der Waals surface area contributed by atoms with E-state index in [0.717, 1.165) is 12.8 Å². The van der Waals surface area contributed by atoms with Crippen LogP contribution in [0.25, 0.3) is 0 Å². The molecule has 1 aliphatic carbocycles. The van der Waals surface area contributed by atoms with Crippen molar-refractivity contribution >= 4 is 17.5 Å². The molecule has 1 amide bonds. The standard InChI is InChI=1S/C14H18ClNO3/c1-10(18-12-8-6-11(15)7-9-12)14(17)16(2)19-13-4-3-5-13/h6-10,13H,3-5H2,1-2H3. The summed E-state index contributed by atoms with van der Waals surface area (Å²) in [7, 11) is 1.63. The summed E-state index contributed by atoms with van der Waals surface area (Å²) < 4.78 is 5.56. The number of halogens is 1. The minimum absolute atomic E-state index is 0.177. The summed E-state index contributed by atoms with van der Waals surface area (Å²) in [6, 6.07) is 6.92. The zero-order valence-electron chi connectivity index (χ0n) is 11.1. The number of amides is 1. The van der Waals surface area contributed by atoms with Gasteiger partial charge in [0.2, 0.25) is 0 Å². The van der Waals surface area contributed by atoms with E-state index < -0.39 is 6.10 Å². The average molecular weight is 284 g/mol. The first-order chi connectivity index (χ1) is 9.06. The summed E-state index contributed by atoms with van der Waals surface area (Å²) in [5, 5.41) is 1.92. The number of benzene rings is 1. The lowest BCUT2D eigenvalue weighted by atomic mass is 9.97. The molecule has 19 heavy (non-hydrogen) atoms.